The molecule has 2 aromatic carbocycles. The monoisotopic (exact) mass is 425 g/mol. The molecule has 31 heavy (non-hydrogen) atoms. The molecule has 6 nitrogen and oxygen atoms in total. The lowest BCUT2D eigenvalue weighted by atomic mass is 10.1. The van der Waals surface area contributed by atoms with Crippen LogP contribution in [0.1, 0.15) is 29.8 Å². The molecule has 1 atom stereocenters. The highest BCUT2D eigenvalue weighted by Crippen LogP contribution is 2.18. The molecule has 2 aromatic rings. The van der Waals surface area contributed by atoms with Gasteiger partial charge in [-0.1, -0.05) is 12.1 Å². The summed E-state index contributed by atoms with van der Waals surface area (Å²) < 4.78 is 10.6. The molecule has 2 saturated heterocycles. The van der Waals surface area contributed by atoms with Gasteiger partial charge in [0.15, 0.2) is 5.78 Å². The average molecular weight is 426 g/mol. The van der Waals surface area contributed by atoms with Gasteiger partial charge in [0.25, 0.3) is 0 Å². The summed E-state index contributed by atoms with van der Waals surface area (Å²) in [7, 11) is 0. The van der Waals surface area contributed by atoms with Crippen LogP contribution in [0.15, 0.2) is 48.5 Å². The highest BCUT2D eigenvalue weighted by molar-refractivity contribution is 5.94. The van der Waals surface area contributed by atoms with E-state index in [9.17, 15) is 4.79 Å². The Kier molecular flexibility index (Phi) is 8.88. The Morgan fingerprint density at radius 2 is 1.26 bits per heavy atom. The molecule has 0 radical (unpaired) electrons. The summed E-state index contributed by atoms with van der Waals surface area (Å²) in [6, 6.07) is 16.7. The number of hydrogen-bond donors (Lipinski definition) is 1. The smallest absolute Gasteiger partial charge is 0.159 e. The van der Waals surface area contributed by atoms with Gasteiger partial charge in [-0.3, -0.25) is 4.79 Å². The van der Waals surface area contributed by atoms with Crippen LogP contribution < -0.4 is 15.5 Å². The van der Waals surface area contributed by atoms with E-state index >= 15 is 0 Å². The molecular formula is C25H35N3O3. The van der Waals surface area contributed by atoms with Crippen molar-refractivity contribution >= 4 is 17.2 Å². The van der Waals surface area contributed by atoms with Crippen molar-refractivity contribution in [2.24, 2.45) is 5.73 Å². The minimum absolute atomic E-state index is 0.114. The van der Waals surface area contributed by atoms with E-state index in [0.717, 1.165) is 64.6 Å². The molecule has 4 rings (SSSR count). The van der Waals surface area contributed by atoms with Gasteiger partial charge in [0.05, 0.1) is 26.4 Å². The van der Waals surface area contributed by atoms with E-state index in [-0.39, 0.29) is 11.8 Å². The first-order valence-corrected chi connectivity index (χ1v) is 11.1. The molecule has 0 spiro atoms. The Morgan fingerprint density at radius 1 is 0.839 bits per heavy atom. The zero-order chi connectivity index (χ0) is 22.1. The summed E-state index contributed by atoms with van der Waals surface area (Å²) in [6.07, 6.45) is 0.948. The number of benzene rings is 2. The fraction of sp³-hybridized carbons (Fsp3) is 0.480. The first kappa shape index (κ1) is 23.3. The van der Waals surface area contributed by atoms with Gasteiger partial charge in [0.1, 0.15) is 0 Å². The average Bonchev–Trinajstić information content (AvgIpc) is 2.81. The molecule has 6 heteroatoms. The molecule has 1 unspecified atom stereocenters. The van der Waals surface area contributed by atoms with Gasteiger partial charge in [-0.25, -0.2) is 0 Å². The van der Waals surface area contributed by atoms with E-state index < -0.39 is 0 Å². The van der Waals surface area contributed by atoms with E-state index in [1.165, 1.54) is 16.9 Å². The van der Waals surface area contributed by atoms with Crippen molar-refractivity contribution in [2.75, 3.05) is 62.4 Å². The SMILES string of the molecule is CC(=O)c1ccc(N2CCOCC2)cc1.CC(N)Cc1ccc(N2CCOCC2)cc1. The number of rotatable bonds is 5. The molecule has 2 heterocycles. The van der Waals surface area contributed by atoms with Gasteiger partial charge in [-0.2, -0.15) is 0 Å². The summed E-state index contributed by atoms with van der Waals surface area (Å²) in [5, 5.41) is 0. The maximum absolute atomic E-state index is 11.1. The number of carbonyl (C=O) groups is 1. The maximum atomic E-state index is 11.1. The molecule has 2 N–H and O–H groups in total. The number of carbonyl (C=O) groups excluding carboxylic acids is 1. The van der Waals surface area contributed by atoms with Crippen LogP contribution in [-0.4, -0.2) is 64.4 Å². The van der Waals surface area contributed by atoms with Crippen molar-refractivity contribution < 1.29 is 14.3 Å². The number of hydrogen-bond acceptors (Lipinski definition) is 6. The molecular weight excluding hydrogens is 390 g/mol. The lowest BCUT2D eigenvalue weighted by Gasteiger charge is -2.29. The van der Waals surface area contributed by atoms with Crippen LogP contribution in [0.4, 0.5) is 11.4 Å². The molecule has 2 aliphatic rings. The molecule has 2 fully saturated rings. The fourth-order valence-electron chi connectivity index (χ4n) is 3.76. The van der Waals surface area contributed by atoms with Gasteiger partial charge >= 0.3 is 0 Å². The third-order valence-corrected chi connectivity index (χ3v) is 5.52. The van der Waals surface area contributed by atoms with Gasteiger partial charge in [-0.15, -0.1) is 0 Å². The maximum Gasteiger partial charge on any atom is 0.159 e. The molecule has 0 saturated carbocycles. The van der Waals surface area contributed by atoms with E-state index in [2.05, 4.69) is 34.1 Å². The first-order valence-electron chi connectivity index (χ1n) is 11.1. The van der Waals surface area contributed by atoms with Crippen LogP contribution in [0.25, 0.3) is 0 Å². The zero-order valence-corrected chi connectivity index (χ0v) is 18.8. The van der Waals surface area contributed by atoms with E-state index in [1.807, 2.05) is 31.2 Å². The van der Waals surface area contributed by atoms with E-state index in [0.29, 0.717) is 0 Å². The van der Waals surface area contributed by atoms with Crippen LogP contribution >= 0.6 is 0 Å². The predicted molar refractivity (Wildman–Crippen MR) is 126 cm³/mol. The highest BCUT2D eigenvalue weighted by Gasteiger charge is 2.12. The number of Topliss-reactive ketones (excluding diaryl/α,β-unsaturated/α-hetero) is 1. The topological polar surface area (TPSA) is 68.0 Å². The zero-order valence-electron chi connectivity index (χ0n) is 18.8. The van der Waals surface area contributed by atoms with Crippen molar-refractivity contribution in [3.63, 3.8) is 0 Å². The van der Waals surface area contributed by atoms with Crippen molar-refractivity contribution in [3.8, 4) is 0 Å². The summed E-state index contributed by atoms with van der Waals surface area (Å²) in [6.45, 7) is 10.7. The normalized spacial score (nSPS) is 17.5. The summed E-state index contributed by atoms with van der Waals surface area (Å²) >= 11 is 0. The minimum Gasteiger partial charge on any atom is -0.378 e. The number of nitrogens with zero attached hydrogens (tertiary/aromatic N) is 2. The van der Waals surface area contributed by atoms with Crippen LogP contribution in [0.5, 0.6) is 0 Å². The van der Waals surface area contributed by atoms with Gasteiger partial charge < -0.3 is 25.0 Å². The van der Waals surface area contributed by atoms with Gasteiger partial charge in [-0.05, 0) is 62.2 Å². The van der Waals surface area contributed by atoms with Crippen LogP contribution in [0.3, 0.4) is 0 Å². The van der Waals surface area contributed by atoms with E-state index in [4.69, 9.17) is 15.2 Å². The second kappa shape index (κ2) is 11.8. The van der Waals surface area contributed by atoms with Crippen LogP contribution in [0.2, 0.25) is 0 Å². The van der Waals surface area contributed by atoms with E-state index in [1.54, 1.807) is 6.92 Å². The number of nitrogens with two attached hydrogens (primary N) is 1. The second-order valence-corrected chi connectivity index (χ2v) is 8.15. The lowest BCUT2D eigenvalue weighted by molar-refractivity contribution is 0.101. The highest BCUT2D eigenvalue weighted by atomic mass is 16.5. The number of ether oxygens (including phenoxy) is 2. The quantitative estimate of drug-likeness (QED) is 0.743. The van der Waals surface area contributed by atoms with Crippen molar-refractivity contribution in [2.45, 2.75) is 26.3 Å². The molecule has 0 aromatic heterocycles. The number of anilines is 2. The number of ketones is 1. The third kappa shape index (κ3) is 7.35. The minimum atomic E-state index is 0.114. The van der Waals surface area contributed by atoms with Crippen molar-refractivity contribution in [1.29, 1.82) is 0 Å². The summed E-state index contributed by atoms with van der Waals surface area (Å²) in [4.78, 5) is 15.7. The number of morpholine rings is 2. The Labute approximate surface area is 185 Å². The van der Waals surface area contributed by atoms with Crippen LogP contribution in [0, 0.1) is 0 Å². The first-order chi connectivity index (χ1) is 15.0. The fourth-order valence-corrected chi connectivity index (χ4v) is 3.76. The Morgan fingerprint density at radius 3 is 1.65 bits per heavy atom. The Balaban J connectivity index is 0.000000176. The largest absolute Gasteiger partial charge is 0.378 e. The second-order valence-electron chi connectivity index (χ2n) is 8.15. The third-order valence-electron chi connectivity index (χ3n) is 5.52. The molecule has 0 amide bonds. The molecule has 0 aliphatic carbocycles. The lowest BCUT2D eigenvalue weighted by Crippen LogP contribution is -2.36. The summed E-state index contributed by atoms with van der Waals surface area (Å²) in [5.41, 5.74) is 10.3. The molecule has 168 valence electrons. The summed E-state index contributed by atoms with van der Waals surface area (Å²) in [5.74, 6) is 0.114. The van der Waals surface area contributed by atoms with Crippen LogP contribution in [-0.2, 0) is 15.9 Å². The Hall–Kier alpha value is -2.41. The Bertz CT molecular complexity index is 794. The predicted octanol–water partition coefficient (Wildman–Crippen LogP) is 3.14. The van der Waals surface area contributed by atoms with Crippen molar-refractivity contribution in [1.82, 2.24) is 0 Å². The van der Waals surface area contributed by atoms with Gasteiger partial charge in [0.2, 0.25) is 0 Å². The standard InChI is InChI=1S/C13H20N2O.C12H15NO2/c1-11(14)10-12-2-4-13(5-3-12)15-6-8-16-9-7-15;1-10(14)11-2-4-12(5-3-11)13-6-8-15-9-7-13/h2-5,11H,6-10,14H2,1H3;2-5H,6-9H2,1H3. The molecule has 2 aliphatic heterocycles. The van der Waals surface area contributed by atoms with Crippen molar-refractivity contribution in [3.05, 3.63) is 59.7 Å². The van der Waals surface area contributed by atoms with Gasteiger partial charge in [0, 0.05) is 49.2 Å². The molecule has 0 bridgehead atoms.